The molecule has 0 amide bonds. The highest BCUT2D eigenvalue weighted by Crippen LogP contribution is 2.28. The molecule has 0 spiro atoms. The first kappa shape index (κ1) is 16.5. The number of rotatable bonds is 5. The van der Waals surface area contributed by atoms with Crippen LogP contribution in [0.15, 0.2) is 22.7 Å². The van der Waals surface area contributed by atoms with E-state index in [4.69, 9.17) is 4.74 Å². The molecule has 0 aliphatic carbocycles. The zero-order chi connectivity index (χ0) is 14.7. The Morgan fingerprint density at radius 2 is 1.79 bits per heavy atom. The average molecular weight is 328 g/mol. The van der Waals surface area contributed by atoms with Crippen molar-refractivity contribution in [2.45, 2.75) is 53.1 Å². The van der Waals surface area contributed by atoms with Crippen molar-refractivity contribution in [2.75, 3.05) is 7.11 Å². The lowest BCUT2D eigenvalue weighted by Gasteiger charge is -2.33. The third kappa shape index (κ3) is 5.96. The Hall–Kier alpha value is -0.540. The van der Waals surface area contributed by atoms with Gasteiger partial charge in [-0.05, 0) is 59.3 Å². The Labute approximate surface area is 126 Å². The minimum atomic E-state index is 0.130. The predicted molar refractivity (Wildman–Crippen MR) is 85.7 cm³/mol. The summed E-state index contributed by atoms with van der Waals surface area (Å²) in [4.78, 5) is 0. The highest BCUT2D eigenvalue weighted by Gasteiger charge is 2.24. The molecule has 0 saturated heterocycles. The molecule has 1 aromatic carbocycles. The molecule has 3 heteroatoms. The summed E-state index contributed by atoms with van der Waals surface area (Å²) in [6, 6.07) is 6.21. The number of benzene rings is 1. The van der Waals surface area contributed by atoms with Gasteiger partial charge in [0.2, 0.25) is 0 Å². The fourth-order valence-corrected chi connectivity index (χ4v) is 3.14. The fraction of sp³-hybridized carbons (Fsp3) is 0.625. The third-order valence-electron chi connectivity index (χ3n) is 2.96. The molecule has 0 bridgehead atoms. The van der Waals surface area contributed by atoms with Crippen LogP contribution in [0, 0.1) is 5.41 Å². The van der Waals surface area contributed by atoms with Gasteiger partial charge in [-0.1, -0.05) is 26.8 Å². The van der Waals surface area contributed by atoms with Crippen LogP contribution >= 0.6 is 15.9 Å². The summed E-state index contributed by atoms with van der Waals surface area (Å²) in [5.41, 5.74) is 1.72. The largest absolute Gasteiger partial charge is 0.496 e. The molecule has 2 nitrogen and oxygen atoms in total. The Morgan fingerprint density at radius 3 is 2.26 bits per heavy atom. The molecule has 0 heterocycles. The quantitative estimate of drug-likeness (QED) is 0.841. The van der Waals surface area contributed by atoms with Crippen LogP contribution in [-0.4, -0.2) is 12.6 Å². The molecule has 19 heavy (non-hydrogen) atoms. The molecule has 1 rings (SSSR count). The van der Waals surface area contributed by atoms with Gasteiger partial charge in [-0.25, -0.2) is 0 Å². The van der Waals surface area contributed by atoms with Gasteiger partial charge in [-0.2, -0.15) is 0 Å². The maximum absolute atomic E-state index is 5.24. The lowest BCUT2D eigenvalue weighted by atomic mass is 9.82. The van der Waals surface area contributed by atoms with Crippen LogP contribution < -0.4 is 10.1 Å². The summed E-state index contributed by atoms with van der Waals surface area (Å²) in [7, 11) is 1.68. The van der Waals surface area contributed by atoms with Gasteiger partial charge in [0.15, 0.2) is 0 Å². The van der Waals surface area contributed by atoms with Gasteiger partial charge >= 0.3 is 0 Å². The second-order valence-electron chi connectivity index (χ2n) is 6.94. The topological polar surface area (TPSA) is 21.3 Å². The van der Waals surface area contributed by atoms with Crippen molar-refractivity contribution in [1.82, 2.24) is 5.32 Å². The number of hydrogen-bond donors (Lipinski definition) is 1. The Morgan fingerprint density at radius 1 is 1.16 bits per heavy atom. The number of methoxy groups -OCH3 is 1. The molecular formula is C16H26BrNO. The van der Waals surface area contributed by atoms with Crippen molar-refractivity contribution >= 4 is 15.9 Å². The van der Waals surface area contributed by atoms with E-state index in [0.29, 0.717) is 5.41 Å². The summed E-state index contributed by atoms with van der Waals surface area (Å²) in [5, 5.41) is 3.63. The number of ether oxygens (including phenoxy) is 1. The Bertz CT molecular complexity index is 421. The molecule has 1 aromatic rings. The highest BCUT2D eigenvalue weighted by atomic mass is 79.9. The van der Waals surface area contributed by atoms with E-state index in [2.05, 4.69) is 68.0 Å². The van der Waals surface area contributed by atoms with Crippen molar-refractivity contribution < 1.29 is 4.74 Å². The molecule has 0 unspecified atom stereocenters. The normalized spacial score (nSPS) is 12.6. The van der Waals surface area contributed by atoms with E-state index in [0.717, 1.165) is 23.2 Å². The van der Waals surface area contributed by atoms with E-state index in [1.54, 1.807) is 7.11 Å². The molecule has 0 radical (unpaired) electrons. The third-order valence-corrected chi connectivity index (χ3v) is 3.58. The van der Waals surface area contributed by atoms with Crippen molar-refractivity contribution in [1.29, 1.82) is 0 Å². The molecule has 108 valence electrons. The van der Waals surface area contributed by atoms with Crippen LogP contribution in [0.2, 0.25) is 0 Å². The van der Waals surface area contributed by atoms with Gasteiger partial charge in [-0.15, -0.1) is 0 Å². The molecule has 0 aromatic heterocycles. The summed E-state index contributed by atoms with van der Waals surface area (Å²) >= 11 is 3.52. The summed E-state index contributed by atoms with van der Waals surface area (Å²) in [6.07, 6.45) is 1.14. The molecule has 0 atom stereocenters. The van der Waals surface area contributed by atoms with Crippen molar-refractivity contribution in [2.24, 2.45) is 5.41 Å². The van der Waals surface area contributed by atoms with Gasteiger partial charge in [0, 0.05) is 12.1 Å². The fourth-order valence-electron chi connectivity index (χ4n) is 2.55. The first-order valence-electron chi connectivity index (χ1n) is 6.70. The zero-order valence-electron chi connectivity index (χ0n) is 12.9. The van der Waals surface area contributed by atoms with Crippen LogP contribution in [0.25, 0.3) is 0 Å². The first-order valence-corrected chi connectivity index (χ1v) is 7.50. The second-order valence-corrected chi connectivity index (χ2v) is 7.80. The summed E-state index contributed by atoms with van der Waals surface area (Å²) in [6.45, 7) is 12.2. The van der Waals surface area contributed by atoms with E-state index in [-0.39, 0.29) is 5.54 Å². The van der Waals surface area contributed by atoms with Crippen molar-refractivity contribution in [3.05, 3.63) is 28.2 Å². The molecule has 0 aliphatic rings. The van der Waals surface area contributed by atoms with Crippen LogP contribution in [0.4, 0.5) is 0 Å². The highest BCUT2D eigenvalue weighted by molar-refractivity contribution is 9.10. The zero-order valence-corrected chi connectivity index (χ0v) is 14.5. The second kappa shape index (κ2) is 6.27. The van der Waals surface area contributed by atoms with E-state index in [1.807, 2.05) is 6.07 Å². The smallest absolute Gasteiger partial charge is 0.133 e. The lowest BCUT2D eigenvalue weighted by Crippen LogP contribution is -2.41. The predicted octanol–water partition coefficient (Wildman–Crippen LogP) is 4.76. The SMILES string of the molecule is COc1ccc(CNC(C)(C)CC(C)(C)C)cc1Br. The summed E-state index contributed by atoms with van der Waals surface area (Å²) in [5.74, 6) is 0.873. The van der Waals surface area contributed by atoms with Gasteiger partial charge < -0.3 is 10.1 Å². The van der Waals surface area contributed by atoms with Crippen LogP contribution in [-0.2, 0) is 6.54 Å². The van der Waals surface area contributed by atoms with Gasteiger partial charge in [-0.3, -0.25) is 0 Å². The molecule has 1 N–H and O–H groups in total. The Balaban J connectivity index is 2.64. The number of halogens is 1. The monoisotopic (exact) mass is 327 g/mol. The first-order chi connectivity index (χ1) is 8.63. The van der Waals surface area contributed by atoms with Gasteiger partial charge in [0.05, 0.1) is 11.6 Å². The average Bonchev–Trinajstić information content (AvgIpc) is 2.23. The maximum atomic E-state index is 5.24. The van der Waals surface area contributed by atoms with Crippen LogP contribution in [0.1, 0.15) is 46.6 Å². The van der Waals surface area contributed by atoms with Crippen LogP contribution in [0.5, 0.6) is 5.75 Å². The van der Waals surface area contributed by atoms with Gasteiger partial charge in [0.1, 0.15) is 5.75 Å². The molecular weight excluding hydrogens is 302 g/mol. The Kier molecular flexibility index (Phi) is 5.45. The molecule has 0 saturated carbocycles. The maximum Gasteiger partial charge on any atom is 0.133 e. The van der Waals surface area contributed by atoms with Gasteiger partial charge in [0.25, 0.3) is 0 Å². The minimum absolute atomic E-state index is 0.130. The summed E-state index contributed by atoms with van der Waals surface area (Å²) < 4.78 is 6.25. The lowest BCUT2D eigenvalue weighted by molar-refractivity contribution is 0.240. The van der Waals surface area contributed by atoms with Crippen LogP contribution in [0.3, 0.4) is 0 Å². The minimum Gasteiger partial charge on any atom is -0.496 e. The van der Waals surface area contributed by atoms with E-state index >= 15 is 0 Å². The van der Waals surface area contributed by atoms with E-state index < -0.39 is 0 Å². The van der Waals surface area contributed by atoms with Crippen molar-refractivity contribution in [3.8, 4) is 5.75 Å². The standard InChI is InChI=1S/C16H26BrNO/c1-15(2,3)11-16(4,5)18-10-12-7-8-14(19-6)13(17)9-12/h7-9,18H,10-11H2,1-6H3. The number of nitrogens with one attached hydrogen (secondary N) is 1. The van der Waals surface area contributed by atoms with Crippen molar-refractivity contribution in [3.63, 3.8) is 0 Å². The molecule has 0 fully saturated rings. The number of hydrogen-bond acceptors (Lipinski definition) is 2. The van der Waals surface area contributed by atoms with E-state index in [9.17, 15) is 0 Å². The van der Waals surface area contributed by atoms with E-state index in [1.165, 1.54) is 5.56 Å². The molecule has 0 aliphatic heterocycles.